The summed E-state index contributed by atoms with van der Waals surface area (Å²) >= 11 is 0. The van der Waals surface area contributed by atoms with Gasteiger partial charge in [-0.05, 0) is 31.3 Å². The van der Waals surface area contributed by atoms with Crippen molar-refractivity contribution in [3.8, 4) is 5.75 Å². The number of hydrogen-bond acceptors (Lipinski definition) is 4. The van der Waals surface area contributed by atoms with Crippen molar-refractivity contribution in [2.75, 3.05) is 25.6 Å². The fourth-order valence-corrected chi connectivity index (χ4v) is 2.07. The van der Waals surface area contributed by atoms with Gasteiger partial charge >= 0.3 is 6.36 Å². The fourth-order valence-electron chi connectivity index (χ4n) is 2.07. The van der Waals surface area contributed by atoms with Gasteiger partial charge in [-0.3, -0.25) is 4.79 Å². The Hall–Kier alpha value is -1.80. The van der Waals surface area contributed by atoms with Crippen LogP contribution in [0.2, 0.25) is 0 Å². The summed E-state index contributed by atoms with van der Waals surface area (Å²) in [5.74, 6) is -0.907. The molecule has 1 aromatic rings. The number of rotatable bonds is 4. The van der Waals surface area contributed by atoms with Crippen molar-refractivity contribution < 1.29 is 27.4 Å². The van der Waals surface area contributed by atoms with E-state index in [1.807, 2.05) is 0 Å². The number of anilines is 1. The smallest absolute Gasteiger partial charge is 0.406 e. The number of amides is 1. The van der Waals surface area contributed by atoms with Crippen LogP contribution in [0, 0.1) is 5.92 Å². The lowest BCUT2D eigenvalue weighted by Crippen LogP contribution is -2.39. The van der Waals surface area contributed by atoms with Gasteiger partial charge in [-0.25, -0.2) is 0 Å². The lowest BCUT2D eigenvalue weighted by Gasteiger charge is -2.16. The number of alkyl halides is 3. The van der Waals surface area contributed by atoms with Gasteiger partial charge in [-0.1, -0.05) is 0 Å². The van der Waals surface area contributed by atoms with E-state index in [0.29, 0.717) is 18.9 Å². The van der Waals surface area contributed by atoms with E-state index in [1.54, 1.807) is 7.05 Å². The first-order valence-electron chi connectivity index (χ1n) is 6.31. The molecule has 116 valence electrons. The van der Waals surface area contributed by atoms with Crippen LogP contribution in [-0.4, -0.2) is 38.6 Å². The first-order valence-corrected chi connectivity index (χ1v) is 6.31. The third-order valence-electron chi connectivity index (χ3n) is 3.14. The van der Waals surface area contributed by atoms with E-state index in [2.05, 4.69) is 15.4 Å². The molecule has 1 fully saturated rings. The van der Waals surface area contributed by atoms with Gasteiger partial charge in [0.05, 0.1) is 19.1 Å². The molecular formula is C13H15F3N2O3. The molecule has 5 nitrogen and oxygen atoms in total. The van der Waals surface area contributed by atoms with Crippen molar-refractivity contribution in [3.63, 3.8) is 0 Å². The second-order valence-electron chi connectivity index (χ2n) is 4.60. The largest absolute Gasteiger partial charge is 0.573 e. The highest BCUT2D eigenvalue weighted by Crippen LogP contribution is 2.24. The van der Waals surface area contributed by atoms with Crippen LogP contribution in [0.3, 0.4) is 0 Å². The van der Waals surface area contributed by atoms with E-state index in [4.69, 9.17) is 4.74 Å². The fraction of sp³-hybridized carbons (Fsp3) is 0.462. The van der Waals surface area contributed by atoms with Crippen LogP contribution in [0.25, 0.3) is 0 Å². The van der Waals surface area contributed by atoms with Gasteiger partial charge in [0.15, 0.2) is 0 Å². The van der Waals surface area contributed by atoms with Crippen LogP contribution in [0.1, 0.15) is 0 Å². The highest BCUT2D eigenvalue weighted by molar-refractivity contribution is 5.93. The van der Waals surface area contributed by atoms with Crippen molar-refractivity contribution in [1.29, 1.82) is 0 Å². The SMILES string of the molecule is CNC1COCC1C(=O)Nc1ccc(OC(F)(F)F)cc1. The average molecular weight is 304 g/mol. The Morgan fingerprint density at radius 1 is 1.29 bits per heavy atom. The molecule has 0 saturated carbocycles. The molecule has 2 unspecified atom stereocenters. The van der Waals surface area contributed by atoms with E-state index in [9.17, 15) is 18.0 Å². The minimum atomic E-state index is -4.73. The van der Waals surface area contributed by atoms with E-state index in [0.717, 1.165) is 12.1 Å². The standard InChI is InChI=1S/C13H15F3N2O3/c1-17-11-7-20-6-10(11)12(19)18-8-2-4-9(5-3-8)21-13(14,15)16/h2-5,10-11,17H,6-7H2,1H3,(H,18,19). The summed E-state index contributed by atoms with van der Waals surface area (Å²) < 4.78 is 45.1. The first kappa shape index (κ1) is 15.6. The molecule has 0 spiro atoms. The maximum Gasteiger partial charge on any atom is 0.573 e. The molecule has 21 heavy (non-hydrogen) atoms. The zero-order chi connectivity index (χ0) is 15.5. The number of ether oxygens (including phenoxy) is 2. The Labute approximate surface area is 119 Å². The monoisotopic (exact) mass is 304 g/mol. The predicted octanol–water partition coefficient (Wildman–Crippen LogP) is 1.76. The molecule has 2 rings (SSSR count). The maximum atomic E-state index is 12.1. The Morgan fingerprint density at radius 2 is 1.95 bits per heavy atom. The molecule has 0 bridgehead atoms. The zero-order valence-corrected chi connectivity index (χ0v) is 11.2. The van der Waals surface area contributed by atoms with Crippen LogP contribution in [0.5, 0.6) is 5.75 Å². The van der Waals surface area contributed by atoms with Crippen molar-refractivity contribution in [2.24, 2.45) is 5.92 Å². The molecule has 0 aliphatic carbocycles. The third-order valence-corrected chi connectivity index (χ3v) is 3.14. The minimum absolute atomic E-state index is 0.0714. The number of hydrogen-bond donors (Lipinski definition) is 2. The second kappa shape index (κ2) is 6.31. The molecule has 2 N–H and O–H groups in total. The highest BCUT2D eigenvalue weighted by Gasteiger charge is 2.33. The Balaban J connectivity index is 1.95. The number of carbonyl (C=O) groups is 1. The molecule has 1 aliphatic heterocycles. The van der Waals surface area contributed by atoms with Gasteiger partial charge in [0.25, 0.3) is 0 Å². The zero-order valence-electron chi connectivity index (χ0n) is 11.2. The summed E-state index contributed by atoms with van der Waals surface area (Å²) in [6.07, 6.45) is -4.73. The summed E-state index contributed by atoms with van der Waals surface area (Å²) in [5, 5.41) is 5.63. The van der Waals surface area contributed by atoms with E-state index >= 15 is 0 Å². The molecule has 0 radical (unpaired) electrons. The van der Waals surface area contributed by atoms with Crippen molar-refractivity contribution >= 4 is 11.6 Å². The van der Waals surface area contributed by atoms with E-state index in [-0.39, 0.29) is 23.6 Å². The van der Waals surface area contributed by atoms with Crippen LogP contribution < -0.4 is 15.4 Å². The Bertz CT molecular complexity index is 490. The minimum Gasteiger partial charge on any atom is -0.406 e. The molecular weight excluding hydrogens is 289 g/mol. The summed E-state index contributed by atoms with van der Waals surface area (Å²) in [6.45, 7) is 0.763. The lowest BCUT2D eigenvalue weighted by atomic mass is 10.0. The van der Waals surface area contributed by atoms with Crippen LogP contribution in [0.15, 0.2) is 24.3 Å². The molecule has 1 heterocycles. The Morgan fingerprint density at radius 3 is 2.52 bits per heavy atom. The molecule has 8 heteroatoms. The number of benzene rings is 1. The number of carbonyl (C=O) groups excluding carboxylic acids is 1. The summed E-state index contributed by atoms with van der Waals surface area (Å²) in [6, 6.07) is 4.91. The van der Waals surface area contributed by atoms with Crippen LogP contribution in [0.4, 0.5) is 18.9 Å². The van der Waals surface area contributed by atoms with Gasteiger partial charge < -0.3 is 20.1 Å². The van der Waals surface area contributed by atoms with Crippen molar-refractivity contribution in [2.45, 2.75) is 12.4 Å². The molecule has 1 aromatic carbocycles. The van der Waals surface area contributed by atoms with Crippen molar-refractivity contribution in [3.05, 3.63) is 24.3 Å². The third kappa shape index (κ3) is 4.33. The number of halogens is 3. The van der Waals surface area contributed by atoms with E-state index < -0.39 is 6.36 Å². The second-order valence-corrected chi connectivity index (χ2v) is 4.60. The summed E-state index contributed by atoms with van der Waals surface area (Å²) in [5.41, 5.74) is 0.399. The number of likely N-dealkylation sites (N-methyl/N-ethyl adjacent to an activating group) is 1. The number of nitrogens with one attached hydrogen (secondary N) is 2. The molecule has 0 aromatic heterocycles. The average Bonchev–Trinajstić information content (AvgIpc) is 2.87. The van der Waals surface area contributed by atoms with Crippen molar-refractivity contribution in [1.82, 2.24) is 5.32 Å². The van der Waals surface area contributed by atoms with E-state index in [1.165, 1.54) is 12.1 Å². The normalized spacial score (nSPS) is 22.1. The first-order chi connectivity index (χ1) is 9.89. The van der Waals surface area contributed by atoms with Gasteiger partial charge in [0.2, 0.25) is 5.91 Å². The summed E-state index contributed by atoms with van der Waals surface area (Å²) in [7, 11) is 1.74. The van der Waals surface area contributed by atoms with Crippen LogP contribution >= 0.6 is 0 Å². The van der Waals surface area contributed by atoms with Gasteiger partial charge in [0.1, 0.15) is 5.75 Å². The molecule has 2 atom stereocenters. The molecule has 1 saturated heterocycles. The maximum absolute atomic E-state index is 12.1. The highest BCUT2D eigenvalue weighted by atomic mass is 19.4. The lowest BCUT2D eigenvalue weighted by molar-refractivity contribution is -0.274. The molecule has 1 amide bonds. The topological polar surface area (TPSA) is 59.6 Å². The predicted molar refractivity (Wildman–Crippen MR) is 68.9 cm³/mol. The Kier molecular flexibility index (Phi) is 4.69. The van der Waals surface area contributed by atoms with Gasteiger partial charge in [0, 0.05) is 11.7 Å². The van der Waals surface area contributed by atoms with Gasteiger partial charge in [-0.2, -0.15) is 0 Å². The summed E-state index contributed by atoms with van der Waals surface area (Å²) in [4.78, 5) is 12.1. The van der Waals surface area contributed by atoms with Gasteiger partial charge in [-0.15, -0.1) is 13.2 Å². The van der Waals surface area contributed by atoms with Crippen LogP contribution in [-0.2, 0) is 9.53 Å². The quantitative estimate of drug-likeness (QED) is 0.890. The molecule has 1 aliphatic rings.